The Kier molecular flexibility index (Phi) is 4.87. The van der Waals surface area contributed by atoms with E-state index in [9.17, 15) is 8.42 Å². The van der Waals surface area contributed by atoms with Crippen molar-refractivity contribution >= 4 is 10.0 Å². The molecule has 7 heteroatoms. The van der Waals surface area contributed by atoms with Crippen LogP contribution in [0.4, 0.5) is 0 Å². The van der Waals surface area contributed by atoms with Crippen LogP contribution in [0.1, 0.15) is 18.5 Å². The molecule has 1 aliphatic rings. The van der Waals surface area contributed by atoms with Gasteiger partial charge in [-0.2, -0.15) is 0 Å². The largest absolute Gasteiger partial charge is 0.381 e. The van der Waals surface area contributed by atoms with Crippen molar-refractivity contribution in [2.45, 2.75) is 24.3 Å². The molecule has 0 aliphatic carbocycles. The maximum Gasteiger partial charge on any atom is 0.242 e. The molecule has 0 amide bonds. The monoisotopic (exact) mass is 285 g/mol. The van der Waals surface area contributed by atoms with E-state index in [-0.39, 0.29) is 4.90 Å². The minimum absolute atomic E-state index is 0.178. The minimum atomic E-state index is -3.48. The summed E-state index contributed by atoms with van der Waals surface area (Å²) in [5.74, 6) is 0.347. The predicted octanol–water partition coefficient (Wildman–Crippen LogP) is 0.245. The second-order valence-electron chi connectivity index (χ2n) is 4.60. The summed E-state index contributed by atoms with van der Waals surface area (Å²) in [6, 6.07) is 3.16. The molecular weight excluding hydrogens is 266 g/mol. The predicted molar refractivity (Wildman–Crippen MR) is 70.9 cm³/mol. The van der Waals surface area contributed by atoms with Gasteiger partial charge >= 0.3 is 0 Å². The molecule has 0 aromatic carbocycles. The Morgan fingerprint density at radius 2 is 2.11 bits per heavy atom. The highest BCUT2D eigenvalue weighted by Gasteiger charge is 2.19. The number of nitrogens with one attached hydrogen (secondary N) is 1. The van der Waals surface area contributed by atoms with Crippen LogP contribution in [0.25, 0.3) is 0 Å². The first kappa shape index (κ1) is 14.4. The molecule has 0 bridgehead atoms. The molecule has 3 N–H and O–H groups in total. The third kappa shape index (κ3) is 3.97. The van der Waals surface area contributed by atoms with Crippen molar-refractivity contribution in [1.82, 2.24) is 9.71 Å². The molecule has 2 heterocycles. The SMILES string of the molecule is NCc1ccc(S(=O)(=O)NCC2CCOCC2)cn1. The Labute approximate surface area is 113 Å². The van der Waals surface area contributed by atoms with E-state index >= 15 is 0 Å². The first-order valence-corrected chi connectivity index (χ1v) is 7.82. The van der Waals surface area contributed by atoms with Crippen LogP contribution in [-0.2, 0) is 21.3 Å². The highest BCUT2D eigenvalue weighted by molar-refractivity contribution is 7.89. The van der Waals surface area contributed by atoms with Gasteiger partial charge in [-0.15, -0.1) is 0 Å². The molecule has 106 valence electrons. The van der Waals surface area contributed by atoms with Crippen molar-refractivity contribution in [2.75, 3.05) is 19.8 Å². The second-order valence-corrected chi connectivity index (χ2v) is 6.36. The maximum absolute atomic E-state index is 12.1. The summed E-state index contributed by atoms with van der Waals surface area (Å²) in [5, 5.41) is 0. The third-order valence-corrected chi connectivity index (χ3v) is 4.63. The van der Waals surface area contributed by atoms with Gasteiger partial charge in [-0.3, -0.25) is 4.98 Å². The smallest absolute Gasteiger partial charge is 0.242 e. The van der Waals surface area contributed by atoms with Gasteiger partial charge in [-0.1, -0.05) is 0 Å². The average molecular weight is 285 g/mol. The van der Waals surface area contributed by atoms with Crippen LogP contribution in [0.5, 0.6) is 0 Å². The molecule has 0 unspecified atom stereocenters. The first-order chi connectivity index (χ1) is 9.12. The molecule has 2 rings (SSSR count). The lowest BCUT2D eigenvalue weighted by Crippen LogP contribution is -2.32. The normalized spacial score (nSPS) is 17.5. The van der Waals surface area contributed by atoms with Crippen molar-refractivity contribution in [3.05, 3.63) is 24.0 Å². The Hall–Kier alpha value is -1.02. The van der Waals surface area contributed by atoms with Crippen molar-refractivity contribution in [2.24, 2.45) is 11.7 Å². The van der Waals surface area contributed by atoms with Gasteiger partial charge in [0.1, 0.15) is 4.90 Å². The zero-order valence-electron chi connectivity index (χ0n) is 10.7. The molecule has 1 saturated heterocycles. The summed E-state index contributed by atoms with van der Waals surface area (Å²) in [6.45, 7) is 2.17. The quantitative estimate of drug-likeness (QED) is 0.808. The summed E-state index contributed by atoms with van der Waals surface area (Å²) >= 11 is 0. The molecule has 0 radical (unpaired) electrons. The number of nitrogens with zero attached hydrogens (tertiary/aromatic N) is 1. The van der Waals surface area contributed by atoms with Crippen molar-refractivity contribution in [1.29, 1.82) is 0 Å². The van der Waals surface area contributed by atoms with Crippen LogP contribution in [-0.4, -0.2) is 33.2 Å². The van der Waals surface area contributed by atoms with E-state index in [0.29, 0.717) is 37.9 Å². The Morgan fingerprint density at radius 3 is 2.68 bits per heavy atom. The van der Waals surface area contributed by atoms with E-state index in [2.05, 4.69) is 9.71 Å². The Balaban J connectivity index is 1.96. The third-order valence-electron chi connectivity index (χ3n) is 3.22. The van der Waals surface area contributed by atoms with Gasteiger partial charge in [0.15, 0.2) is 0 Å². The summed E-state index contributed by atoms with van der Waals surface area (Å²) in [5.41, 5.74) is 6.10. The number of rotatable bonds is 5. The fraction of sp³-hybridized carbons (Fsp3) is 0.583. The Bertz CT molecular complexity index is 495. The summed E-state index contributed by atoms with van der Waals surface area (Å²) in [7, 11) is -3.48. The van der Waals surface area contributed by atoms with Gasteiger partial charge in [0.25, 0.3) is 0 Å². The van der Waals surface area contributed by atoms with Gasteiger partial charge in [0.2, 0.25) is 10.0 Å². The van der Waals surface area contributed by atoms with Gasteiger partial charge in [0, 0.05) is 32.5 Å². The fourth-order valence-electron chi connectivity index (χ4n) is 1.95. The fourth-order valence-corrected chi connectivity index (χ4v) is 3.01. The van der Waals surface area contributed by atoms with Crippen molar-refractivity contribution < 1.29 is 13.2 Å². The van der Waals surface area contributed by atoms with Crippen LogP contribution >= 0.6 is 0 Å². The highest BCUT2D eigenvalue weighted by atomic mass is 32.2. The number of nitrogens with two attached hydrogens (primary N) is 1. The lowest BCUT2D eigenvalue weighted by atomic mass is 10.0. The number of hydrogen-bond acceptors (Lipinski definition) is 5. The molecule has 1 fully saturated rings. The van der Waals surface area contributed by atoms with E-state index in [0.717, 1.165) is 12.8 Å². The highest BCUT2D eigenvalue weighted by Crippen LogP contribution is 2.15. The van der Waals surface area contributed by atoms with Crippen LogP contribution < -0.4 is 10.5 Å². The van der Waals surface area contributed by atoms with Crippen molar-refractivity contribution in [3.8, 4) is 0 Å². The number of ether oxygens (including phenoxy) is 1. The summed E-state index contributed by atoms with van der Waals surface area (Å²) in [4.78, 5) is 4.17. The molecule has 19 heavy (non-hydrogen) atoms. The number of hydrogen-bond donors (Lipinski definition) is 2. The first-order valence-electron chi connectivity index (χ1n) is 6.34. The summed E-state index contributed by atoms with van der Waals surface area (Å²) < 4.78 is 32.0. The molecule has 1 aromatic heterocycles. The molecule has 6 nitrogen and oxygen atoms in total. The number of pyridine rings is 1. The molecule has 0 atom stereocenters. The molecule has 1 aromatic rings. The number of aromatic nitrogens is 1. The average Bonchev–Trinajstić information content (AvgIpc) is 2.46. The zero-order valence-corrected chi connectivity index (χ0v) is 11.5. The van der Waals surface area contributed by atoms with Gasteiger partial charge in [0.05, 0.1) is 5.69 Å². The van der Waals surface area contributed by atoms with E-state index in [1.165, 1.54) is 12.3 Å². The van der Waals surface area contributed by atoms with Crippen LogP contribution in [0, 0.1) is 5.92 Å². The van der Waals surface area contributed by atoms with Crippen molar-refractivity contribution in [3.63, 3.8) is 0 Å². The minimum Gasteiger partial charge on any atom is -0.381 e. The summed E-state index contributed by atoms with van der Waals surface area (Å²) in [6.07, 6.45) is 3.13. The van der Waals surface area contributed by atoms with Crippen LogP contribution in [0.3, 0.4) is 0 Å². The number of sulfonamides is 1. The lowest BCUT2D eigenvalue weighted by molar-refractivity contribution is 0.0678. The van der Waals surface area contributed by atoms with Gasteiger partial charge in [-0.25, -0.2) is 13.1 Å². The molecular formula is C12H19N3O3S. The zero-order chi connectivity index (χ0) is 13.7. The molecule has 0 saturated carbocycles. The van der Waals surface area contributed by atoms with Crippen LogP contribution in [0.2, 0.25) is 0 Å². The maximum atomic E-state index is 12.1. The van der Waals surface area contributed by atoms with Crippen LogP contribution in [0.15, 0.2) is 23.2 Å². The standard InChI is InChI=1S/C12H19N3O3S/c13-7-11-1-2-12(9-14-11)19(16,17)15-8-10-3-5-18-6-4-10/h1-2,9-10,15H,3-8,13H2. The van der Waals surface area contributed by atoms with E-state index in [4.69, 9.17) is 10.5 Å². The molecule has 1 aliphatic heterocycles. The topological polar surface area (TPSA) is 94.3 Å². The van der Waals surface area contributed by atoms with E-state index in [1.54, 1.807) is 6.07 Å². The van der Waals surface area contributed by atoms with Gasteiger partial charge in [-0.05, 0) is 30.9 Å². The lowest BCUT2D eigenvalue weighted by Gasteiger charge is -2.22. The Morgan fingerprint density at radius 1 is 1.37 bits per heavy atom. The van der Waals surface area contributed by atoms with E-state index in [1.807, 2.05) is 0 Å². The van der Waals surface area contributed by atoms with Gasteiger partial charge < -0.3 is 10.5 Å². The second kappa shape index (κ2) is 6.42. The van der Waals surface area contributed by atoms with E-state index < -0.39 is 10.0 Å². The molecule has 0 spiro atoms.